The minimum Gasteiger partial charge on any atom is -0.496 e. The van der Waals surface area contributed by atoms with Crippen LogP contribution in [0.3, 0.4) is 0 Å². The second kappa shape index (κ2) is 10.6. The van der Waals surface area contributed by atoms with Gasteiger partial charge in [-0.15, -0.1) is 24.8 Å². The lowest BCUT2D eigenvalue weighted by molar-refractivity contribution is 0.102. The maximum Gasteiger partial charge on any atom is 0.259 e. The molecule has 28 heavy (non-hydrogen) atoms. The van der Waals surface area contributed by atoms with Crippen LogP contribution in [0.1, 0.15) is 30.1 Å². The molecule has 8 heteroatoms. The van der Waals surface area contributed by atoms with Crippen molar-refractivity contribution in [3.8, 4) is 5.75 Å². The van der Waals surface area contributed by atoms with E-state index in [9.17, 15) is 4.79 Å². The molecule has 0 saturated carbocycles. The molecular weight excluding hydrogens is 421 g/mol. The van der Waals surface area contributed by atoms with Gasteiger partial charge in [0.15, 0.2) is 0 Å². The van der Waals surface area contributed by atoms with Crippen LogP contribution in [0.25, 0.3) is 0 Å². The van der Waals surface area contributed by atoms with Gasteiger partial charge in [0, 0.05) is 30.5 Å². The second-order valence-corrected chi connectivity index (χ2v) is 7.16. The lowest BCUT2D eigenvalue weighted by Crippen LogP contribution is -2.32. The summed E-state index contributed by atoms with van der Waals surface area (Å²) in [5.74, 6) is 0.885. The maximum atomic E-state index is 12.7. The quantitative estimate of drug-likeness (QED) is 0.628. The van der Waals surface area contributed by atoms with Crippen molar-refractivity contribution >= 4 is 59.4 Å². The first-order valence-electron chi connectivity index (χ1n) is 8.77. The molecule has 3 N–H and O–H groups in total. The van der Waals surface area contributed by atoms with Crippen molar-refractivity contribution < 1.29 is 9.53 Å². The van der Waals surface area contributed by atoms with Crippen molar-refractivity contribution in [1.29, 1.82) is 0 Å². The van der Waals surface area contributed by atoms with E-state index in [1.165, 1.54) is 26.0 Å². The number of amides is 1. The van der Waals surface area contributed by atoms with Gasteiger partial charge < -0.3 is 20.7 Å². The van der Waals surface area contributed by atoms with Gasteiger partial charge >= 0.3 is 0 Å². The highest BCUT2D eigenvalue weighted by molar-refractivity contribution is 6.33. The van der Waals surface area contributed by atoms with Crippen LogP contribution in [0, 0.1) is 5.92 Å². The third-order valence-electron chi connectivity index (χ3n) is 4.82. The molecule has 0 aliphatic carbocycles. The standard InChI is InChI=1S/C20H24ClN3O2.2ClH/c1-13-6-8-24(9-7-13)15-5-3-4-14(10-15)23-20(25)16-11-17(21)18(22)12-19(16)26-2;;/h3-5,10-13H,6-9,22H2,1-2H3,(H,23,25);2*1H. The number of benzene rings is 2. The lowest BCUT2D eigenvalue weighted by Gasteiger charge is -2.32. The van der Waals surface area contributed by atoms with Crippen molar-refractivity contribution in [3.05, 3.63) is 47.0 Å². The van der Waals surface area contributed by atoms with Crippen LogP contribution in [0.5, 0.6) is 5.75 Å². The SMILES string of the molecule is COc1cc(N)c(Cl)cc1C(=O)Nc1cccc(N2CCC(C)CC2)c1.Cl.Cl. The minimum atomic E-state index is -0.284. The van der Waals surface area contributed by atoms with Crippen molar-refractivity contribution in [2.24, 2.45) is 5.92 Å². The Bertz CT molecular complexity index is 809. The molecule has 0 unspecified atom stereocenters. The number of nitrogens with zero attached hydrogens (tertiary/aromatic N) is 1. The molecule has 0 atom stereocenters. The van der Waals surface area contributed by atoms with Crippen LogP contribution in [0.4, 0.5) is 17.1 Å². The fourth-order valence-corrected chi connectivity index (χ4v) is 3.32. The summed E-state index contributed by atoms with van der Waals surface area (Å²) in [6.45, 7) is 4.37. The van der Waals surface area contributed by atoms with Crippen LogP contribution >= 0.6 is 36.4 Å². The Morgan fingerprint density at radius 2 is 1.89 bits per heavy atom. The summed E-state index contributed by atoms with van der Waals surface area (Å²) in [6.07, 6.45) is 2.38. The number of ether oxygens (including phenoxy) is 1. The van der Waals surface area contributed by atoms with Gasteiger partial charge in [-0.1, -0.05) is 24.6 Å². The number of piperidine rings is 1. The Morgan fingerprint density at radius 1 is 1.21 bits per heavy atom. The zero-order valence-electron chi connectivity index (χ0n) is 15.9. The molecule has 1 aliphatic rings. The molecule has 1 aliphatic heterocycles. The first-order chi connectivity index (χ1) is 12.5. The number of nitrogens with one attached hydrogen (secondary N) is 1. The predicted molar refractivity (Wildman–Crippen MR) is 122 cm³/mol. The topological polar surface area (TPSA) is 67.6 Å². The molecule has 1 heterocycles. The number of methoxy groups -OCH3 is 1. The van der Waals surface area contributed by atoms with Crippen molar-refractivity contribution in [1.82, 2.24) is 0 Å². The van der Waals surface area contributed by atoms with Gasteiger partial charge in [0.05, 0.1) is 23.4 Å². The van der Waals surface area contributed by atoms with Gasteiger partial charge in [-0.2, -0.15) is 0 Å². The van der Waals surface area contributed by atoms with Crippen LogP contribution in [-0.4, -0.2) is 26.1 Å². The fraction of sp³-hybridized carbons (Fsp3) is 0.350. The number of carbonyl (C=O) groups is 1. The second-order valence-electron chi connectivity index (χ2n) is 6.75. The van der Waals surface area contributed by atoms with Gasteiger partial charge in [0.25, 0.3) is 5.91 Å². The monoisotopic (exact) mass is 445 g/mol. The van der Waals surface area contributed by atoms with Crippen LogP contribution in [-0.2, 0) is 0 Å². The Labute approximate surface area is 183 Å². The fourth-order valence-electron chi connectivity index (χ4n) is 3.16. The molecule has 2 aromatic rings. The first kappa shape index (κ1) is 24.2. The Morgan fingerprint density at radius 3 is 2.54 bits per heavy atom. The van der Waals surface area contributed by atoms with Gasteiger partial charge in [-0.3, -0.25) is 4.79 Å². The molecule has 3 rings (SSSR count). The third-order valence-corrected chi connectivity index (χ3v) is 5.14. The molecule has 1 fully saturated rings. The van der Waals surface area contributed by atoms with E-state index in [4.69, 9.17) is 22.1 Å². The largest absolute Gasteiger partial charge is 0.496 e. The number of rotatable bonds is 4. The average Bonchev–Trinajstić information content (AvgIpc) is 2.64. The molecule has 0 spiro atoms. The summed E-state index contributed by atoms with van der Waals surface area (Å²) < 4.78 is 5.26. The number of nitrogens with two attached hydrogens (primary N) is 1. The van der Waals surface area contributed by atoms with Crippen molar-refractivity contribution in [2.75, 3.05) is 36.1 Å². The van der Waals surface area contributed by atoms with Crippen LogP contribution in [0.2, 0.25) is 5.02 Å². The van der Waals surface area contributed by atoms with E-state index in [0.717, 1.165) is 30.4 Å². The number of anilines is 3. The van der Waals surface area contributed by atoms with Gasteiger partial charge in [0.1, 0.15) is 5.75 Å². The summed E-state index contributed by atoms with van der Waals surface area (Å²) >= 11 is 6.06. The van der Waals surface area contributed by atoms with E-state index < -0.39 is 0 Å². The van der Waals surface area contributed by atoms with E-state index in [1.807, 2.05) is 18.2 Å². The molecule has 0 bridgehead atoms. The van der Waals surface area contributed by atoms with E-state index in [0.29, 0.717) is 22.0 Å². The zero-order chi connectivity index (χ0) is 18.7. The summed E-state index contributed by atoms with van der Waals surface area (Å²) in [7, 11) is 1.50. The predicted octanol–water partition coefficient (Wildman–Crippen LogP) is 5.26. The number of carbonyl (C=O) groups excluding carboxylic acids is 1. The highest BCUT2D eigenvalue weighted by Crippen LogP contribution is 2.30. The minimum absolute atomic E-state index is 0. The molecule has 0 aromatic heterocycles. The Balaban J connectivity index is 0.00000196. The molecule has 2 aromatic carbocycles. The zero-order valence-corrected chi connectivity index (χ0v) is 18.3. The summed E-state index contributed by atoms with van der Waals surface area (Å²) in [6, 6.07) is 11.0. The van der Waals surface area contributed by atoms with E-state index in [2.05, 4.69) is 23.2 Å². The van der Waals surface area contributed by atoms with Crippen LogP contribution < -0.4 is 20.7 Å². The highest BCUT2D eigenvalue weighted by Gasteiger charge is 2.18. The van der Waals surface area contributed by atoms with Crippen molar-refractivity contribution in [2.45, 2.75) is 19.8 Å². The summed E-state index contributed by atoms with van der Waals surface area (Å²) in [4.78, 5) is 15.0. The molecule has 1 amide bonds. The first-order valence-corrected chi connectivity index (χ1v) is 9.15. The summed E-state index contributed by atoms with van der Waals surface area (Å²) in [5, 5.41) is 3.25. The molecule has 154 valence electrons. The molecular formula is C20H26Cl3N3O2. The number of hydrogen-bond acceptors (Lipinski definition) is 4. The van der Waals surface area contributed by atoms with E-state index in [1.54, 1.807) is 6.07 Å². The van der Waals surface area contributed by atoms with Gasteiger partial charge in [0.2, 0.25) is 0 Å². The lowest BCUT2D eigenvalue weighted by atomic mass is 9.99. The molecule has 5 nitrogen and oxygen atoms in total. The van der Waals surface area contributed by atoms with Gasteiger partial charge in [-0.25, -0.2) is 0 Å². The summed E-state index contributed by atoms with van der Waals surface area (Å²) in [5.41, 5.74) is 8.37. The Hall–Kier alpha value is -1.82. The smallest absolute Gasteiger partial charge is 0.259 e. The van der Waals surface area contributed by atoms with Crippen molar-refractivity contribution in [3.63, 3.8) is 0 Å². The van der Waals surface area contributed by atoms with Gasteiger partial charge in [-0.05, 0) is 43.0 Å². The normalized spacial score (nSPS) is 13.9. The van der Waals surface area contributed by atoms with E-state index in [-0.39, 0.29) is 30.7 Å². The number of nitrogen functional groups attached to an aromatic ring is 1. The highest BCUT2D eigenvalue weighted by atomic mass is 35.5. The maximum absolute atomic E-state index is 12.7. The molecule has 1 saturated heterocycles. The number of hydrogen-bond donors (Lipinski definition) is 2. The third kappa shape index (κ3) is 5.60. The molecule has 0 radical (unpaired) electrons. The Kier molecular flexibility index (Phi) is 9.21. The van der Waals surface area contributed by atoms with E-state index >= 15 is 0 Å². The number of halogens is 3. The van der Waals surface area contributed by atoms with Crippen LogP contribution in [0.15, 0.2) is 36.4 Å². The average molecular weight is 447 g/mol.